The van der Waals surface area contributed by atoms with Crippen LogP contribution in [0.1, 0.15) is 10.4 Å². The second-order valence-corrected chi connectivity index (χ2v) is 4.36. The van der Waals surface area contributed by atoms with E-state index in [-0.39, 0.29) is 11.4 Å². The standard InChI is InChI=1S/C12H8INO3/c13-9-5-1-2-6-10(9)17-11-8(12(15)16)4-3-7-14-11/h1-7H,(H,15,16). The molecule has 0 saturated carbocycles. The van der Waals surface area contributed by atoms with E-state index in [1.165, 1.54) is 12.3 Å². The third-order valence-electron chi connectivity index (χ3n) is 2.04. The van der Waals surface area contributed by atoms with Crippen LogP contribution >= 0.6 is 22.6 Å². The van der Waals surface area contributed by atoms with Gasteiger partial charge in [-0.3, -0.25) is 0 Å². The van der Waals surface area contributed by atoms with E-state index in [2.05, 4.69) is 27.6 Å². The van der Waals surface area contributed by atoms with Crippen molar-refractivity contribution in [3.8, 4) is 11.6 Å². The van der Waals surface area contributed by atoms with Gasteiger partial charge in [0.2, 0.25) is 5.88 Å². The fraction of sp³-hybridized carbons (Fsp3) is 0. The number of aromatic carboxylic acids is 1. The second kappa shape index (κ2) is 5.13. The van der Waals surface area contributed by atoms with Crippen LogP contribution in [0.3, 0.4) is 0 Å². The van der Waals surface area contributed by atoms with Crippen molar-refractivity contribution in [2.45, 2.75) is 0 Å². The number of benzene rings is 1. The maximum atomic E-state index is 11.0. The van der Waals surface area contributed by atoms with Crippen LogP contribution in [0.5, 0.6) is 11.6 Å². The number of ether oxygens (including phenoxy) is 1. The van der Waals surface area contributed by atoms with Gasteiger partial charge in [0.1, 0.15) is 11.3 Å². The van der Waals surface area contributed by atoms with Crippen LogP contribution in [-0.4, -0.2) is 16.1 Å². The van der Waals surface area contributed by atoms with E-state index < -0.39 is 5.97 Å². The number of carboxylic acid groups (broad SMARTS) is 1. The number of carboxylic acids is 1. The fourth-order valence-electron chi connectivity index (χ4n) is 1.27. The van der Waals surface area contributed by atoms with Crippen LogP contribution in [0.2, 0.25) is 0 Å². The molecule has 0 amide bonds. The molecule has 17 heavy (non-hydrogen) atoms. The maximum absolute atomic E-state index is 11.0. The highest BCUT2D eigenvalue weighted by atomic mass is 127. The quantitative estimate of drug-likeness (QED) is 0.872. The summed E-state index contributed by atoms with van der Waals surface area (Å²) in [7, 11) is 0. The molecular formula is C12H8INO3. The zero-order valence-electron chi connectivity index (χ0n) is 8.63. The van der Waals surface area contributed by atoms with Gasteiger partial charge < -0.3 is 9.84 Å². The summed E-state index contributed by atoms with van der Waals surface area (Å²) in [4.78, 5) is 14.9. The first-order valence-corrected chi connectivity index (χ1v) is 5.87. The normalized spacial score (nSPS) is 9.94. The number of para-hydroxylation sites is 1. The van der Waals surface area contributed by atoms with Gasteiger partial charge in [-0.25, -0.2) is 9.78 Å². The van der Waals surface area contributed by atoms with Gasteiger partial charge in [-0.1, -0.05) is 12.1 Å². The minimum atomic E-state index is -1.06. The van der Waals surface area contributed by atoms with E-state index in [1.807, 2.05) is 18.2 Å². The lowest BCUT2D eigenvalue weighted by Gasteiger charge is -2.08. The fourth-order valence-corrected chi connectivity index (χ4v) is 1.76. The molecule has 0 aliphatic carbocycles. The van der Waals surface area contributed by atoms with Gasteiger partial charge >= 0.3 is 5.97 Å². The topological polar surface area (TPSA) is 59.4 Å². The van der Waals surface area contributed by atoms with Gasteiger partial charge in [-0.05, 0) is 46.9 Å². The Hall–Kier alpha value is -1.63. The van der Waals surface area contributed by atoms with Crippen LogP contribution in [0.15, 0.2) is 42.6 Å². The lowest BCUT2D eigenvalue weighted by atomic mass is 10.3. The molecule has 0 aliphatic rings. The van der Waals surface area contributed by atoms with Crippen molar-refractivity contribution < 1.29 is 14.6 Å². The summed E-state index contributed by atoms with van der Waals surface area (Å²) in [6, 6.07) is 10.4. The molecule has 0 radical (unpaired) electrons. The summed E-state index contributed by atoms with van der Waals surface area (Å²) < 4.78 is 6.40. The molecule has 1 N–H and O–H groups in total. The Kier molecular flexibility index (Phi) is 3.58. The van der Waals surface area contributed by atoms with E-state index in [1.54, 1.807) is 12.1 Å². The monoisotopic (exact) mass is 341 g/mol. The molecule has 0 fully saturated rings. The van der Waals surface area contributed by atoms with Gasteiger partial charge in [0.05, 0.1) is 3.57 Å². The Morgan fingerprint density at radius 1 is 1.24 bits per heavy atom. The summed E-state index contributed by atoms with van der Waals surface area (Å²) in [6.45, 7) is 0. The Balaban J connectivity index is 2.37. The number of hydrogen-bond donors (Lipinski definition) is 1. The molecule has 0 saturated heterocycles. The molecule has 1 heterocycles. The Bertz CT molecular complexity index is 557. The predicted octanol–water partition coefficient (Wildman–Crippen LogP) is 3.18. The number of halogens is 1. The molecule has 2 aromatic rings. The van der Waals surface area contributed by atoms with E-state index in [0.717, 1.165) is 3.57 Å². The Morgan fingerprint density at radius 2 is 2.00 bits per heavy atom. The van der Waals surface area contributed by atoms with Gasteiger partial charge in [0.15, 0.2) is 0 Å². The van der Waals surface area contributed by atoms with Crippen LogP contribution in [0, 0.1) is 3.57 Å². The van der Waals surface area contributed by atoms with Crippen LogP contribution in [0.4, 0.5) is 0 Å². The summed E-state index contributed by atoms with van der Waals surface area (Å²) >= 11 is 2.12. The first-order valence-electron chi connectivity index (χ1n) is 4.79. The third kappa shape index (κ3) is 2.73. The third-order valence-corrected chi connectivity index (χ3v) is 2.94. The molecule has 0 bridgehead atoms. The minimum Gasteiger partial charge on any atom is -0.477 e. The number of aromatic nitrogens is 1. The second-order valence-electron chi connectivity index (χ2n) is 3.19. The Morgan fingerprint density at radius 3 is 2.71 bits per heavy atom. The van der Waals surface area contributed by atoms with Gasteiger partial charge in [-0.2, -0.15) is 0 Å². The summed E-state index contributed by atoms with van der Waals surface area (Å²) in [5.41, 5.74) is 0.0483. The van der Waals surface area contributed by atoms with Gasteiger partial charge in [0, 0.05) is 6.20 Å². The van der Waals surface area contributed by atoms with Gasteiger partial charge in [0.25, 0.3) is 0 Å². The minimum absolute atomic E-state index is 0.0483. The van der Waals surface area contributed by atoms with Crippen molar-refractivity contribution in [3.63, 3.8) is 0 Å². The lowest BCUT2D eigenvalue weighted by molar-refractivity contribution is 0.0693. The Labute approximate surface area is 111 Å². The number of rotatable bonds is 3. The highest BCUT2D eigenvalue weighted by molar-refractivity contribution is 14.1. The van der Waals surface area contributed by atoms with Crippen LogP contribution < -0.4 is 4.74 Å². The molecular weight excluding hydrogens is 333 g/mol. The number of nitrogens with zero attached hydrogens (tertiary/aromatic N) is 1. The highest BCUT2D eigenvalue weighted by Gasteiger charge is 2.13. The molecule has 1 aromatic heterocycles. The molecule has 0 aliphatic heterocycles. The van der Waals surface area contributed by atoms with Crippen molar-refractivity contribution >= 4 is 28.6 Å². The molecule has 2 rings (SSSR count). The smallest absolute Gasteiger partial charge is 0.341 e. The zero-order chi connectivity index (χ0) is 12.3. The van der Waals surface area contributed by atoms with Crippen molar-refractivity contribution in [1.29, 1.82) is 0 Å². The van der Waals surface area contributed by atoms with E-state index >= 15 is 0 Å². The maximum Gasteiger partial charge on any atom is 0.341 e. The lowest BCUT2D eigenvalue weighted by Crippen LogP contribution is -2.01. The highest BCUT2D eigenvalue weighted by Crippen LogP contribution is 2.27. The summed E-state index contributed by atoms with van der Waals surface area (Å²) in [5.74, 6) is -0.363. The first kappa shape index (κ1) is 11.8. The van der Waals surface area contributed by atoms with E-state index in [9.17, 15) is 4.79 Å². The van der Waals surface area contributed by atoms with Crippen molar-refractivity contribution in [1.82, 2.24) is 4.98 Å². The largest absolute Gasteiger partial charge is 0.477 e. The SMILES string of the molecule is O=C(O)c1cccnc1Oc1ccccc1I. The number of hydrogen-bond acceptors (Lipinski definition) is 3. The predicted molar refractivity (Wildman–Crippen MR) is 70.4 cm³/mol. The molecule has 0 spiro atoms. The van der Waals surface area contributed by atoms with Crippen LogP contribution in [-0.2, 0) is 0 Å². The average molecular weight is 341 g/mol. The number of pyridine rings is 1. The summed E-state index contributed by atoms with van der Waals surface area (Å²) in [5, 5.41) is 8.99. The molecule has 0 atom stereocenters. The average Bonchev–Trinajstić information content (AvgIpc) is 2.32. The van der Waals surface area contributed by atoms with Crippen LogP contribution in [0.25, 0.3) is 0 Å². The van der Waals surface area contributed by atoms with Crippen molar-refractivity contribution in [2.24, 2.45) is 0 Å². The van der Waals surface area contributed by atoms with E-state index in [4.69, 9.17) is 9.84 Å². The molecule has 1 aromatic carbocycles. The zero-order valence-corrected chi connectivity index (χ0v) is 10.8. The van der Waals surface area contributed by atoms with Crippen molar-refractivity contribution in [3.05, 3.63) is 51.7 Å². The van der Waals surface area contributed by atoms with E-state index in [0.29, 0.717) is 5.75 Å². The molecule has 0 unspecified atom stereocenters. The van der Waals surface area contributed by atoms with Crippen molar-refractivity contribution in [2.75, 3.05) is 0 Å². The number of carbonyl (C=O) groups is 1. The first-order chi connectivity index (χ1) is 8.18. The molecule has 5 heteroatoms. The molecule has 4 nitrogen and oxygen atoms in total. The molecule has 86 valence electrons. The van der Waals surface area contributed by atoms with Gasteiger partial charge in [-0.15, -0.1) is 0 Å². The summed E-state index contributed by atoms with van der Waals surface area (Å²) in [6.07, 6.45) is 1.50.